The van der Waals surface area contributed by atoms with E-state index in [9.17, 15) is 33.4 Å². The Morgan fingerprint density at radius 1 is 1.08 bits per heavy atom. The van der Waals surface area contributed by atoms with Crippen LogP contribution in [0.5, 0.6) is 0 Å². The van der Waals surface area contributed by atoms with E-state index >= 15 is 0 Å². The van der Waals surface area contributed by atoms with Crippen LogP contribution in [0.2, 0.25) is 5.02 Å². The molecule has 3 heterocycles. The van der Waals surface area contributed by atoms with Crippen LogP contribution in [0.3, 0.4) is 0 Å². The number of imide groups is 1. The van der Waals surface area contributed by atoms with E-state index in [1.54, 1.807) is 36.4 Å². The number of carbonyl (C=O) groups excluding carboxylic acids is 2. The van der Waals surface area contributed by atoms with E-state index < -0.39 is 50.7 Å². The van der Waals surface area contributed by atoms with Crippen molar-refractivity contribution in [1.82, 2.24) is 9.21 Å². The molecule has 2 bridgehead atoms. The third-order valence-electron chi connectivity index (χ3n) is 7.20. The van der Waals surface area contributed by atoms with Crippen LogP contribution in [0, 0.1) is 21.4 Å². The van der Waals surface area contributed by atoms with Crippen molar-refractivity contribution in [2.24, 2.45) is 0 Å². The van der Waals surface area contributed by atoms with Gasteiger partial charge in [0.25, 0.3) is 11.6 Å². The van der Waals surface area contributed by atoms with Crippen molar-refractivity contribution in [2.45, 2.75) is 29.4 Å². The first-order chi connectivity index (χ1) is 17.6. The van der Waals surface area contributed by atoms with E-state index in [1.807, 2.05) is 0 Å². The van der Waals surface area contributed by atoms with Crippen molar-refractivity contribution in [1.29, 1.82) is 5.26 Å². The lowest BCUT2D eigenvalue weighted by Crippen LogP contribution is -2.54. The first-order valence-electron chi connectivity index (χ1n) is 11.2. The molecule has 0 aromatic heterocycles. The molecule has 3 atom stereocenters. The van der Waals surface area contributed by atoms with Crippen LogP contribution in [0.15, 0.2) is 59.5 Å². The molecule has 3 aromatic carbocycles. The molecule has 0 aliphatic carbocycles. The number of nitro groups is 1. The summed E-state index contributed by atoms with van der Waals surface area (Å²) in [6.07, 6.45) is 0.277. The number of nitrogens with zero attached hydrogens (tertiary/aromatic N) is 5. The number of anilines is 1. The number of amides is 3. The smallest absolute Gasteiger partial charge is 0.306 e. The van der Waals surface area contributed by atoms with Crippen LogP contribution in [0.25, 0.3) is 10.8 Å². The van der Waals surface area contributed by atoms with Gasteiger partial charge in [-0.3, -0.25) is 14.9 Å². The second kappa shape index (κ2) is 7.97. The number of sulfonamides is 1. The predicted octanol–water partition coefficient (Wildman–Crippen LogP) is 3.26. The van der Waals surface area contributed by atoms with E-state index in [0.717, 1.165) is 21.3 Å². The van der Waals surface area contributed by atoms with Crippen molar-refractivity contribution in [3.63, 3.8) is 0 Å². The minimum atomic E-state index is -4.22. The molecule has 3 fully saturated rings. The predicted molar refractivity (Wildman–Crippen MR) is 131 cm³/mol. The number of nitriles is 1. The van der Waals surface area contributed by atoms with Gasteiger partial charge in [0.15, 0.2) is 0 Å². The number of nitro benzene ring substituents is 1. The lowest BCUT2D eigenvalue weighted by molar-refractivity contribution is -0.384. The second-order valence-corrected chi connectivity index (χ2v) is 11.3. The highest BCUT2D eigenvalue weighted by molar-refractivity contribution is 7.89. The van der Waals surface area contributed by atoms with Crippen molar-refractivity contribution >= 4 is 55.7 Å². The average molecular weight is 538 g/mol. The second-order valence-electron chi connectivity index (χ2n) is 9.00. The van der Waals surface area contributed by atoms with Gasteiger partial charge in [-0.15, -0.1) is 0 Å². The first kappa shape index (κ1) is 23.4. The summed E-state index contributed by atoms with van der Waals surface area (Å²) in [5.41, 5.74) is 0.175. The van der Waals surface area contributed by atoms with Crippen LogP contribution in [0.1, 0.15) is 12.0 Å². The average Bonchev–Trinajstić information content (AvgIpc) is 3.55. The summed E-state index contributed by atoms with van der Waals surface area (Å²) in [5, 5.41) is 21.7. The van der Waals surface area contributed by atoms with E-state index in [4.69, 9.17) is 11.6 Å². The van der Waals surface area contributed by atoms with Crippen molar-refractivity contribution in [3.05, 3.63) is 75.3 Å². The van der Waals surface area contributed by atoms with Crippen LogP contribution < -0.4 is 4.90 Å². The van der Waals surface area contributed by atoms with Crippen LogP contribution in [-0.2, 0) is 14.8 Å². The molecule has 3 amide bonds. The Morgan fingerprint density at radius 2 is 1.81 bits per heavy atom. The highest BCUT2D eigenvalue weighted by Gasteiger charge is 2.64. The minimum absolute atomic E-state index is 0.0408. The number of benzene rings is 3. The normalized spacial score (nSPS) is 23.1. The van der Waals surface area contributed by atoms with E-state index in [1.165, 1.54) is 11.0 Å². The third kappa shape index (κ3) is 3.18. The number of rotatable bonds is 4. The Bertz CT molecular complexity index is 1700. The summed E-state index contributed by atoms with van der Waals surface area (Å²) in [7, 11) is -4.22. The SMILES string of the molecule is N#Cc1ccc(N2C(=O)[C@H]3[C@@H]4C[C@@H](CN4S(=O)(=O)c4ccc(Cl)c([N+](=O)[O-])c4)N3C2=O)c2ccccc12. The van der Waals surface area contributed by atoms with Gasteiger partial charge in [0.2, 0.25) is 10.0 Å². The summed E-state index contributed by atoms with van der Waals surface area (Å²) in [6.45, 7) is -0.0408. The Balaban J connectivity index is 1.38. The van der Waals surface area contributed by atoms with E-state index in [-0.39, 0.29) is 22.9 Å². The first-order valence-corrected chi connectivity index (χ1v) is 13.0. The zero-order chi connectivity index (χ0) is 26.2. The lowest BCUT2D eigenvalue weighted by Gasteiger charge is -2.34. The van der Waals surface area contributed by atoms with Gasteiger partial charge in [-0.1, -0.05) is 35.9 Å². The summed E-state index contributed by atoms with van der Waals surface area (Å²) in [4.78, 5) is 39.8. The molecule has 0 spiro atoms. The number of carbonyl (C=O) groups is 2. The number of halogens is 1. The summed E-state index contributed by atoms with van der Waals surface area (Å²) in [6, 6.07) is 12.4. The molecule has 13 heteroatoms. The molecular formula is C24H16ClN5O6S. The summed E-state index contributed by atoms with van der Waals surface area (Å²) < 4.78 is 28.1. The van der Waals surface area contributed by atoms with Crippen LogP contribution in [-0.4, -0.2) is 59.2 Å². The number of hydrogen-bond acceptors (Lipinski definition) is 7. The fourth-order valence-electron chi connectivity index (χ4n) is 5.62. The maximum absolute atomic E-state index is 13.7. The molecule has 186 valence electrons. The van der Waals surface area contributed by atoms with Gasteiger partial charge < -0.3 is 4.90 Å². The van der Waals surface area contributed by atoms with Gasteiger partial charge in [-0.05, 0) is 30.7 Å². The Kier molecular flexibility index (Phi) is 5.03. The third-order valence-corrected chi connectivity index (χ3v) is 9.41. The number of urea groups is 1. The molecule has 0 saturated carbocycles. The monoisotopic (exact) mass is 537 g/mol. The Morgan fingerprint density at radius 3 is 2.51 bits per heavy atom. The standard InChI is InChI=1S/C24H16ClN5O6S/c25-18-7-6-15(10-20(18)30(33)34)37(35,36)27-12-14-9-21(27)22-23(31)29(24(32)28(14)22)19-8-5-13(11-26)16-3-1-2-4-17(16)19/h1-8,10,14,21-22H,9,12H2/t14-,21-,22+/m0/s1. The molecule has 3 aromatic rings. The molecule has 0 radical (unpaired) electrons. The van der Waals surface area contributed by atoms with Gasteiger partial charge in [0, 0.05) is 29.4 Å². The molecule has 6 rings (SSSR count). The van der Waals surface area contributed by atoms with Crippen molar-refractivity contribution in [3.8, 4) is 6.07 Å². The molecule has 0 unspecified atom stereocenters. The van der Waals surface area contributed by atoms with Gasteiger partial charge in [0.05, 0.1) is 33.2 Å². The fourth-order valence-corrected chi connectivity index (χ4v) is 7.50. The fraction of sp³-hybridized carbons (Fsp3) is 0.208. The maximum atomic E-state index is 13.7. The van der Waals surface area contributed by atoms with Gasteiger partial charge in [-0.25, -0.2) is 18.1 Å². The topological polar surface area (TPSA) is 145 Å². The molecule has 3 aliphatic heterocycles. The molecule has 11 nitrogen and oxygen atoms in total. The highest BCUT2D eigenvalue weighted by atomic mass is 35.5. The number of fused-ring (bicyclic) bond motifs is 6. The zero-order valence-corrected chi connectivity index (χ0v) is 20.4. The van der Waals surface area contributed by atoms with Crippen molar-refractivity contribution < 1.29 is 22.9 Å². The van der Waals surface area contributed by atoms with Gasteiger partial charge in [0.1, 0.15) is 11.1 Å². The molecular weight excluding hydrogens is 522 g/mol. The van der Waals surface area contributed by atoms with Crippen LogP contribution in [0.4, 0.5) is 16.2 Å². The molecule has 3 aliphatic rings. The Hall–Kier alpha value is -4.05. The van der Waals surface area contributed by atoms with Crippen LogP contribution >= 0.6 is 11.6 Å². The van der Waals surface area contributed by atoms with Gasteiger partial charge in [-0.2, -0.15) is 9.57 Å². The summed E-state index contributed by atoms with van der Waals surface area (Å²) in [5.74, 6) is -0.561. The number of hydrogen-bond donors (Lipinski definition) is 0. The molecule has 3 saturated heterocycles. The minimum Gasteiger partial charge on any atom is -0.306 e. The maximum Gasteiger partial charge on any atom is 0.332 e. The summed E-state index contributed by atoms with van der Waals surface area (Å²) >= 11 is 5.84. The van der Waals surface area contributed by atoms with Gasteiger partial charge >= 0.3 is 6.03 Å². The highest BCUT2D eigenvalue weighted by Crippen LogP contribution is 2.45. The quantitative estimate of drug-likeness (QED) is 0.282. The lowest BCUT2D eigenvalue weighted by atomic mass is 10.0. The van der Waals surface area contributed by atoms with E-state index in [0.29, 0.717) is 22.0 Å². The van der Waals surface area contributed by atoms with Crippen molar-refractivity contribution in [2.75, 3.05) is 11.4 Å². The molecule has 37 heavy (non-hydrogen) atoms. The number of piperazine rings is 1. The van der Waals surface area contributed by atoms with E-state index in [2.05, 4.69) is 6.07 Å². The molecule has 0 N–H and O–H groups in total. The Labute approximate surface area is 215 Å². The zero-order valence-electron chi connectivity index (χ0n) is 18.8. The largest absolute Gasteiger partial charge is 0.332 e.